The second-order valence-electron chi connectivity index (χ2n) is 4.36. The maximum absolute atomic E-state index is 5.83. The number of benzene rings is 1. The number of hydrogen-bond acceptors (Lipinski definition) is 5. The Balaban J connectivity index is 2.05. The number of aryl methyl sites for hydroxylation is 1. The Morgan fingerprint density at radius 2 is 2.05 bits per heavy atom. The van der Waals surface area contributed by atoms with Crippen LogP contribution >= 0.6 is 0 Å². The Kier molecular flexibility index (Phi) is 2.90. The average molecular weight is 270 g/mol. The predicted molar refractivity (Wildman–Crippen MR) is 75.2 cm³/mol. The van der Waals surface area contributed by atoms with E-state index in [-0.39, 0.29) is 0 Å². The van der Waals surface area contributed by atoms with Crippen LogP contribution in [0.5, 0.6) is 17.4 Å². The fraction of sp³-hybridized carbons (Fsp3) is 0.143. The molecule has 2 N–H and O–H groups in total. The predicted octanol–water partition coefficient (Wildman–Crippen LogP) is 2.42. The van der Waals surface area contributed by atoms with E-state index in [0.29, 0.717) is 23.1 Å². The Labute approximate surface area is 115 Å². The van der Waals surface area contributed by atoms with Gasteiger partial charge in [-0.25, -0.2) is 9.50 Å². The van der Waals surface area contributed by atoms with Crippen molar-refractivity contribution in [1.82, 2.24) is 14.6 Å². The number of hydrogen-bond donors (Lipinski definition) is 1. The van der Waals surface area contributed by atoms with E-state index in [1.54, 1.807) is 42.2 Å². The first kappa shape index (κ1) is 12.3. The monoisotopic (exact) mass is 270 g/mol. The quantitative estimate of drug-likeness (QED) is 0.740. The van der Waals surface area contributed by atoms with Crippen LogP contribution in [0.2, 0.25) is 0 Å². The van der Waals surface area contributed by atoms with Crippen molar-refractivity contribution in [3.05, 3.63) is 42.4 Å². The third kappa shape index (κ3) is 2.11. The number of nitrogens with zero attached hydrogens (tertiary/aromatic N) is 3. The zero-order valence-corrected chi connectivity index (χ0v) is 11.2. The first-order valence-corrected chi connectivity index (χ1v) is 6.10. The summed E-state index contributed by atoms with van der Waals surface area (Å²) < 4.78 is 12.8. The number of nitrogens with two attached hydrogens (primary N) is 1. The molecule has 0 radical (unpaired) electrons. The van der Waals surface area contributed by atoms with Gasteiger partial charge in [-0.3, -0.25) is 0 Å². The van der Waals surface area contributed by atoms with E-state index >= 15 is 0 Å². The largest absolute Gasteiger partial charge is 0.493 e. The molecule has 0 saturated carbocycles. The van der Waals surface area contributed by atoms with E-state index in [1.807, 2.05) is 13.0 Å². The van der Waals surface area contributed by atoms with Gasteiger partial charge in [-0.05, 0) is 25.1 Å². The summed E-state index contributed by atoms with van der Waals surface area (Å²) in [5.74, 6) is 1.59. The second kappa shape index (κ2) is 4.73. The van der Waals surface area contributed by atoms with Gasteiger partial charge in [0.15, 0.2) is 11.5 Å². The van der Waals surface area contributed by atoms with Crippen molar-refractivity contribution in [2.75, 3.05) is 12.8 Å². The van der Waals surface area contributed by atoms with Crippen LogP contribution in [0, 0.1) is 6.92 Å². The van der Waals surface area contributed by atoms with Crippen LogP contribution in [0.25, 0.3) is 5.52 Å². The lowest BCUT2D eigenvalue weighted by Gasteiger charge is -2.10. The van der Waals surface area contributed by atoms with Crippen molar-refractivity contribution < 1.29 is 9.47 Å². The molecule has 0 atom stereocenters. The SMILES string of the molecule is COc1cc(N)ccc1Oc1nccn2nc(C)cc12. The van der Waals surface area contributed by atoms with E-state index in [4.69, 9.17) is 15.2 Å². The zero-order valence-electron chi connectivity index (χ0n) is 11.2. The Hall–Kier alpha value is -2.76. The number of nitrogen functional groups attached to an aromatic ring is 1. The third-order valence-corrected chi connectivity index (χ3v) is 2.87. The van der Waals surface area contributed by atoms with Gasteiger partial charge in [0.2, 0.25) is 5.88 Å². The van der Waals surface area contributed by atoms with Crippen molar-refractivity contribution >= 4 is 11.2 Å². The van der Waals surface area contributed by atoms with Gasteiger partial charge < -0.3 is 15.2 Å². The fourth-order valence-electron chi connectivity index (χ4n) is 1.97. The summed E-state index contributed by atoms with van der Waals surface area (Å²) in [4.78, 5) is 4.24. The molecule has 20 heavy (non-hydrogen) atoms. The van der Waals surface area contributed by atoms with Gasteiger partial charge >= 0.3 is 0 Å². The molecule has 1 aromatic carbocycles. The van der Waals surface area contributed by atoms with Crippen LogP contribution in [0.1, 0.15) is 5.69 Å². The zero-order chi connectivity index (χ0) is 14.1. The van der Waals surface area contributed by atoms with E-state index in [2.05, 4.69) is 10.1 Å². The van der Waals surface area contributed by atoms with Crippen LogP contribution in [-0.4, -0.2) is 21.7 Å². The summed E-state index contributed by atoms with van der Waals surface area (Å²) in [6.07, 6.45) is 3.41. The van der Waals surface area contributed by atoms with Gasteiger partial charge in [0.1, 0.15) is 5.52 Å². The van der Waals surface area contributed by atoms with Crippen molar-refractivity contribution in [3.8, 4) is 17.4 Å². The molecule has 2 heterocycles. The van der Waals surface area contributed by atoms with Crippen LogP contribution < -0.4 is 15.2 Å². The molecule has 0 fully saturated rings. The number of rotatable bonds is 3. The second-order valence-corrected chi connectivity index (χ2v) is 4.36. The lowest BCUT2D eigenvalue weighted by Crippen LogP contribution is -1.96. The summed E-state index contributed by atoms with van der Waals surface area (Å²) in [7, 11) is 1.57. The summed E-state index contributed by atoms with van der Waals surface area (Å²) in [5.41, 5.74) is 8.03. The van der Waals surface area contributed by atoms with Crippen LogP contribution in [0.3, 0.4) is 0 Å². The molecule has 2 aromatic heterocycles. The highest BCUT2D eigenvalue weighted by atomic mass is 16.5. The van der Waals surface area contributed by atoms with E-state index in [9.17, 15) is 0 Å². The van der Waals surface area contributed by atoms with Crippen molar-refractivity contribution in [3.63, 3.8) is 0 Å². The van der Waals surface area contributed by atoms with E-state index in [0.717, 1.165) is 11.2 Å². The smallest absolute Gasteiger partial charge is 0.245 e. The lowest BCUT2D eigenvalue weighted by atomic mass is 10.3. The highest BCUT2D eigenvalue weighted by Gasteiger charge is 2.11. The molecule has 0 aliphatic carbocycles. The highest BCUT2D eigenvalue weighted by molar-refractivity contribution is 5.59. The molecule has 0 saturated heterocycles. The highest BCUT2D eigenvalue weighted by Crippen LogP contribution is 2.33. The molecule has 6 nitrogen and oxygen atoms in total. The normalized spacial score (nSPS) is 10.7. The maximum Gasteiger partial charge on any atom is 0.245 e. The molecule has 3 rings (SSSR count). The first-order valence-electron chi connectivity index (χ1n) is 6.10. The average Bonchev–Trinajstić information content (AvgIpc) is 2.82. The molecule has 0 aliphatic heterocycles. The van der Waals surface area contributed by atoms with Gasteiger partial charge in [0.05, 0.1) is 12.8 Å². The number of fused-ring (bicyclic) bond motifs is 1. The Morgan fingerprint density at radius 1 is 1.20 bits per heavy atom. The standard InChI is InChI=1S/C14H14N4O2/c1-9-7-11-14(16-5-6-18(11)17-9)20-12-4-3-10(15)8-13(12)19-2/h3-8H,15H2,1-2H3. The van der Waals surface area contributed by atoms with Gasteiger partial charge in [0, 0.05) is 24.1 Å². The van der Waals surface area contributed by atoms with Crippen LogP contribution in [-0.2, 0) is 0 Å². The number of aromatic nitrogens is 3. The van der Waals surface area contributed by atoms with Crippen LogP contribution in [0.15, 0.2) is 36.7 Å². The molecular formula is C14H14N4O2. The van der Waals surface area contributed by atoms with Crippen molar-refractivity contribution in [2.24, 2.45) is 0 Å². The lowest BCUT2D eigenvalue weighted by molar-refractivity contribution is 0.375. The van der Waals surface area contributed by atoms with E-state index < -0.39 is 0 Å². The topological polar surface area (TPSA) is 74.7 Å². The number of methoxy groups -OCH3 is 1. The van der Waals surface area contributed by atoms with Crippen molar-refractivity contribution in [2.45, 2.75) is 6.92 Å². The molecule has 6 heteroatoms. The van der Waals surface area contributed by atoms with E-state index in [1.165, 1.54) is 0 Å². The first-order chi connectivity index (χ1) is 9.67. The molecule has 0 spiro atoms. The Morgan fingerprint density at radius 3 is 2.85 bits per heavy atom. The molecule has 0 unspecified atom stereocenters. The molecule has 0 bridgehead atoms. The summed E-state index contributed by atoms with van der Waals surface area (Å²) in [5, 5.41) is 4.32. The number of ether oxygens (including phenoxy) is 2. The minimum absolute atomic E-state index is 0.469. The molecule has 102 valence electrons. The molecule has 0 aliphatic rings. The minimum Gasteiger partial charge on any atom is -0.493 e. The van der Waals surface area contributed by atoms with Crippen molar-refractivity contribution in [1.29, 1.82) is 0 Å². The summed E-state index contributed by atoms with van der Waals surface area (Å²) >= 11 is 0. The molecule has 0 amide bonds. The maximum atomic E-state index is 5.83. The number of anilines is 1. The third-order valence-electron chi connectivity index (χ3n) is 2.87. The van der Waals surface area contributed by atoms with Gasteiger partial charge in [0.25, 0.3) is 0 Å². The summed E-state index contributed by atoms with van der Waals surface area (Å²) in [6.45, 7) is 1.92. The molecular weight excluding hydrogens is 256 g/mol. The Bertz CT molecular complexity index is 767. The van der Waals surface area contributed by atoms with Crippen LogP contribution in [0.4, 0.5) is 5.69 Å². The fourth-order valence-corrected chi connectivity index (χ4v) is 1.97. The minimum atomic E-state index is 0.469. The van der Waals surface area contributed by atoms with Gasteiger partial charge in [-0.2, -0.15) is 5.10 Å². The van der Waals surface area contributed by atoms with Gasteiger partial charge in [-0.15, -0.1) is 0 Å². The molecule has 3 aromatic rings. The van der Waals surface area contributed by atoms with Gasteiger partial charge in [-0.1, -0.05) is 0 Å². The summed E-state index contributed by atoms with van der Waals surface area (Å²) in [6, 6.07) is 7.12.